The van der Waals surface area contributed by atoms with E-state index < -0.39 is 0 Å². The number of hydrogen-bond donors (Lipinski definition) is 2. The number of rotatable bonds is 4. The lowest BCUT2D eigenvalue weighted by Crippen LogP contribution is -2.45. The topological polar surface area (TPSA) is 81.6 Å². The molecule has 0 bridgehead atoms. The largest absolute Gasteiger partial charge is 0.367 e. The lowest BCUT2D eigenvalue weighted by atomic mass is 10.3. The molecule has 0 spiro atoms. The SMILES string of the molecule is CN1CCN(CCNc2ccc3n[nH]c(=O)n3n2)CC1. The number of hydrogen-bond acceptors (Lipinski definition) is 6. The summed E-state index contributed by atoms with van der Waals surface area (Å²) in [4.78, 5) is 16.2. The van der Waals surface area contributed by atoms with E-state index in [9.17, 15) is 4.79 Å². The summed E-state index contributed by atoms with van der Waals surface area (Å²) in [7, 11) is 2.15. The van der Waals surface area contributed by atoms with Crippen molar-refractivity contribution >= 4 is 11.5 Å². The van der Waals surface area contributed by atoms with Crippen LogP contribution in [0.25, 0.3) is 5.65 Å². The minimum Gasteiger partial charge on any atom is -0.367 e. The third-order valence-corrected chi connectivity index (χ3v) is 3.60. The second-order valence-corrected chi connectivity index (χ2v) is 5.09. The van der Waals surface area contributed by atoms with Crippen LogP contribution in [-0.4, -0.2) is 75.9 Å². The van der Waals surface area contributed by atoms with Crippen molar-refractivity contribution < 1.29 is 0 Å². The summed E-state index contributed by atoms with van der Waals surface area (Å²) in [5, 5.41) is 13.7. The molecule has 3 heterocycles. The molecule has 0 saturated carbocycles. The Hall–Kier alpha value is -1.93. The molecule has 1 saturated heterocycles. The molecule has 0 aromatic carbocycles. The van der Waals surface area contributed by atoms with Crippen LogP contribution in [0.3, 0.4) is 0 Å². The summed E-state index contributed by atoms with van der Waals surface area (Å²) in [5.74, 6) is 0.690. The zero-order chi connectivity index (χ0) is 13.9. The maximum Gasteiger partial charge on any atom is 0.364 e. The minimum atomic E-state index is -0.317. The molecule has 2 aromatic heterocycles. The van der Waals surface area contributed by atoms with Crippen LogP contribution >= 0.6 is 0 Å². The molecule has 0 aliphatic carbocycles. The molecule has 2 N–H and O–H groups in total. The van der Waals surface area contributed by atoms with Crippen molar-refractivity contribution in [2.45, 2.75) is 0 Å². The number of H-pyrrole nitrogens is 1. The first kappa shape index (κ1) is 13.1. The van der Waals surface area contributed by atoms with E-state index in [2.05, 4.69) is 37.5 Å². The number of nitrogens with one attached hydrogen (secondary N) is 2. The van der Waals surface area contributed by atoms with Gasteiger partial charge in [-0.1, -0.05) is 0 Å². The van der Waals surface area contributed by atoms with E-state index >= 15 is 0 Å². The maximum absolute atomic E-state index is 11.4. The molecule has 2 aromatic rings. The van der Waals surface area contributed by atoms with Gasteiger partial charge in [0.1, 0.15) is 5.82 Å². The van der Waals surface area contributed by atoms with Crippen LogP contribution in [0.1, 0.15) is 0 Å². The fraction of sp³-hybridized carbons (Fsp3) is 0.583. The smallest absolute Gasteiger partial charge is 0.364 e. The Kier molecular flexibility index (Phi) is 3.66. The van der Waals surface area contributed by atoms with E-state index in [4.69, 9.17) is 0 Å². The molecule has 8 nitrogen and oxygen atoms in total. The van der Waals surface area contributed by atoms with Crippen LogP contribution in [0.5, 0.6) is 0 Å². The van der Waals surface area contributed by atoms with Gasteiger partial charge in [0.05, 0.1) is 0 Å². The van der Waals surface area contributed by atoms with Crippen molar-refractivity contribution in [1.82, 2.24) is 29.6 Å². The predicted octanol–water partition coefficient (Wildman–Crippen LogP) is -0.923. The molecule has 0 radical (unpaired) electrons. The van der Waals surface area contributed by atoms with Crippen molar-refractivity contribution in [1.29, 1.82) is 0 Å². The van der Waals surface area contributed by atoms with Crippen LogP contribution in [0, 0.1) is 0 Å². The molecule has 0 atom stereocenters. The summed E-state index contributed by atoms with van der Waals surface area (Å²) in [6.45, 7) is 6.24. The first-order chi connectivity index (χ1) is 9.72. The van der Waals surface area contributed by atoms with Gasteiger partial charge in [-0.2, -0.15) is 9.61 Å². The lowest BCUT2D eigenvalue weighted by Gasteiger charge is -2.32. The second-order valence-electron chi connectivity index (χ2n) is 5.09. The van der Waals surface area contributed by atoms with Gasteiger partial charge in [0, 0.05) is 39.3 Å². The standard InChI is InChI=1S/C12H19N7O/c1-17-6-8-18(9-7-17)5-4-13-10-2-3-11-14-15-12(20)19(11)16-10/h2-3H,4-9H2,1H3,(H,13,16)(H,15,20). The molecule has 8 heteroatoms. The van der Waals surface area contributed by atoms with Crippen molar-refractivity contribution in [2.24, 2.45) is 0 Å². The Morgan fingerprint density at radius 2 is 2.10 bits per heavy atom. The first-order valence-electron chi connectivity index (χ1n) is 6.81. The van der Waals surface area contributed by atoms with Gasteiger partial charge >= 0.3 is 5.69 Å². The summed E-state index contributed by atoms with van der Waals surface area (Å²) in [5.41, 5.74) is 0.210. The van der Waals surface area contributed by atoms with Gasteiger partial charge in [-0.05, 0) is 19.2 Å². The Balaban J connectivity index is 1.54. The molecular formula is C12H19N7O. The van der Waals surface area contributed by atoms with Gasteiger partial charge in [-0.25, -0.2) is 9.89 Å². The summed E-state index contributed by atoms with van der Waals surface area (Å²) in [6.07, 6.45) is 0. The highest BCUT2D eigenvalue weighted by Gasteiger charge is 2.12. The van der Waals surface area contributed by atoms with Crippen LogP contribution in [0.4, 0.5) is 5.82 Å². The van der Waals surface area contributed by atoms with Crippen molar-refractivity contribution in [3.8, 4) is 0 Å². The second kappa shape index (κ2) is 5.59. The Morgan fingerprint density at radius 3 is 2.90 bits per heavy atom. The fourth-order valence-electron chi connectivity index (χ4n) is 2.31. The third kappa shape index (κ3) is 2.81. The van der Waals surface area contributed by atoms with Crippen LogP contribution in [0.2, 0.25) is 0 Å². The average molecular weight is 277 g/mol. The molecule has 20 heavy (non-hydrogen) atoms. The fourth-order valence-corrected chi connectivity index (χ4v) is 2.31. The van der Waals surface area contributed by atoms with Gasteiger partial charge in [0.15, 0.2) is 5.65 Å². The molecule has 1 aliphatic rings. The van der Waals surface area contributed by atoms with E-state index in [0.29, 0.717) is 11.5 Å². The summed E-state index contributed by atoms with van der Waals surface area (Å²) < 4.78 is 1.26. The third-order valence-electron chi connectivity index (χ3n) is 3.60. The number of fused-ring (bicyclic) bond motifs is 1. The van der Waals surface area contributed by atoms with E-state index in [1.54, 1.807) is 6.07 Å². The van der Waals surface area contributed by atoms with Gasteiger partial charge in [-0.3, -0.25) is 4.90 Å². The molecule has 3 rings (SSSR count). The normalized spacial score (nSPS) is 17.6. The Morgan fingerprint density at radius 1 is 1.30 bits per heavy atom. The number of aromatic nitrogens is 4. The highest BCUT2D eigenvalue weighted by Crippen LogP contribution is 2.03. The predicted molar refractivity (Wildman–Crippen MR) is 76.0 cm³/mol. The summed E-state index contributed by atoms with van der Waals surface area (Å²) >= 11 is 0. The molecule has 108 valence electrons. The highest BCUT2D eigenvalue weighted by molar-refractivity contribution is 5.42. The number of piperazine rings is 1. The Bertz CT molecular complexity index is 626. The van der Waals surface area contributed by atoms with Crippen LogP contribution in [0.15, 0.2) is 16.9 Å². The van der Waals surface area contributed by atoms with Crippen LogP contribution in [-0.2, 0) is 0 Å². The molecule has 0 unspecified atom stereocenters. The number of nitrogens with zero attached hydrogens (tertiary/aromatic N) is 5. The Labute approximate surface area is 116 Å². The van der Waals surface area contributed by atoms with Gasteiger partial charge in [0.2, 0.25) is 0 Å². The number of likely N-dealkylation sites (N-methyl/N-ethyl adjacent to an activating group) is 1. The minimum absolute atomic E-state index is 0.317. The quantitative estimate of drug-likeness (QED) is 0.752. The monoisotopic (exact) mass is 277 g/mol. The van der Waals surface area contributed by atoms with Crippen molar-refractivity contribution in [2.75, 3.05) is 51.6 Å². The number of anilines is 1. The highest BCUT2D eigenvalue weighted by atomic mass is 16.2. The van der Waals surface area contributed by atoms with Gasteiger partial charge in [0.25, 0.3) is 0 Å². The van der Waals surface area contributed by atoms with E-state index in [0.717, 1.165) is 39.3 Å². The number of aromatic amines is 1. The van der Waals surface area contributed by atoms with Crippen LogP contribution < -0.4 is 11.0 Å². The van der Waals surface area contributed by atoms with Crippen molar-refractivity contribution in [3.05, 3.63) is 22.6 Å². The lowest BCUT2D eigenvalue weighted by molar-refractivity contribution is 0.158. The van der Waals surface area contributed by atoms with E-state index in [-0.39, 0.29) is 5.69 Å². The maximum atomic E-state index is 11.4. The molecule has 0 amide bonds. The summed E-state index contributed by atoms with van der Waals surface area (Å²) in [6, 6.07) is 3.60. The van der Waals surface area contributed by atoms with E-state index in [1.165, 1.54) is 4.52 Å². The first-order valence-corrected chi connectivity index (χ1v) is 6.81. The van der Waals surface area contributed by atoms with E-state index in [1.807, 2.05) is 6.07 Å². The zero-order valence-corrected chi connectivity index (χ0v) is 11.5. The van der Waals surface area contributed by atoms with Gasteiger partial charge < -0.3 is 10.2 Å². The molecule has 1 fully saturated rings. The average Bonchev–Trinajstić information content (AvgIpc) is 2.83. The zero-order valence-electron chi connectivity index (χ0n) is 11.5. The van der Waals surface area contributed by atoms with Gasteiger partial charge in [-0.15, -0.1) is 5.10 Å². The molecule has 1 aliphatic heterocycles. The van der Waals surface area contributed by atoms with Crippen molar-refractivity contribution in [3.63, 3.8) is 0 Å². The molecular weight excluding hydrogens is 258 g/mol.